The van der Waals surface area contributed by atoms with Gasteiger partial charge in [0.25, 0.3) is 0 Å². The van der Waals surface area contributed by atoms with Crippen LogP contribution in [0.4, 0.5) is 26.3 Å². The summed E-state index contributed by atoms with van der Waals surface area (Å²) in [5.74, 6) is -4.97. The summed E-state index contributed by atoms with van der Waals surface area (Å²) in [5, 5.41) is 10.8. The summed E-state index contributed by atoms with van der Waals surface area (Å²) in [5.41, 5.74) is 1.85. The fourth-order valence-electron chi connectivity index (χ4n) is 9.32. The molecule has 2 aliphatic heterocycles. The number of H-pyrrole nitrogens is 2. The molecule has 0 fully saturated rings. The van der Waals surface area contributed by atoms with Crippen LogP contribution in [0.5, 0.6) is 0 Å². The number of ether oxygens (including phenoxy) is 1. The Labute approximate surface area is 373 Å². The molecule has 4 atom stereocenters. The molecule has 14 heteroatoms. The number of nitrogens with one attached hydrogen (secondary N) is 2. The van der Waals surface area contributed by atoms with Crippen LogP contribution in [-0.4, -0.2) is 80.4 Å². The maximum Gasteiger partial charge on any atom is 0.330 e. The quantitative estimate of drug-likeness (QED) is 0.0719. The molecule has 342 valence electrons. The zero-order valence-corrected chi connectivity index (χ0v) is 37.2. The van der Waals surface area contributed by atoms with Gasteiger partial charge in [-0.15, -0.1) is 0 Å². The summed E-state index contributed by atoms with van der Waals surface area (Å²) >= 11 is 0. The summed E-state index contributed by atoms with van der Waals surface area (Å²) in [4.78, 5) is 32.4. The number of para-hydroxylation sites is 2. The zero-order chi connectivity index (χ0) is 47.1. The van der Waals surface area contributed by atoms with E-state index in [9.17, 15) is 18.4 Å². The minimum atomic E-state index is -1.58. The summed E-state index contributed by atoms with van der Waals surface area (Å²) in [6, 6.07) is 18.0. The van der Waals surface area contributed by atoms with E-state index in [4.69, 9.17) is 5.11 Å². The van der Waals surface area contributed by atoms with Crippen LogP contribution in [0.25, 0.3) is 34.0 Å². The number of nitrogens with zero attached hydrogens (tertiary/aromatic N) is 2. The molecule has 0 unspecified atom stereocenters. The van der Waals surface area contributed by atoms with Gasteiger partial charge in [0.2, 0.25) is 0 Å². The second kappa shape index (κ2) is 18.4. The zero-order valence-electron chi connectivity index (χ0n) is 37.2. The van der Waals surface area contributed by atoms with E-state index in [-0.39, 0.29) is 47.4 Å². The van der Waals surface area contributed by atoms with Crippen LogP contribution in [0.2, 0.25) is 0 Å². The molecule has 2 aliphatic rings. The number of esters is 1. The Morgan fingerprint density at radius 1 is 0.677 bits per heavy atom. The summed E-state index contributed by atoms with van der Waals surface area (Å²) in [6.07, 6.45) is 5.61. The third-order valence-electron chi connectivity index (χ3n) is 11.9. The van der Waals surface area contributed by atoms with Crippen LogP contribution in [0.15, 0.2) is 84.9 Å². The largest absolute Gasteiger partial charge is 0.478 e. The first kappa shape index (κ1) is 46.9. The minimum Gasteiger partial charge on any atom is -0.478 e. The van der Waals surface area contributed by atoms with Gasteiger partial charge in [-0.25, -0.2) is 35.9 Å². The summed E-state index contributed by atoms with van der Waals surface area (Å²) in [7, 11) is 1.22. The first-order chi connectivity index (χ1) is 30.6. The molecule has 0 radical (unpaired) electrons. The van der Waals surface area contributed by atoms with Crippen molar-refractivity contribution in [1.29, 1.82) is 0 Å². The van der Waals surface area contributed by atoms with Crippen LogP contribution in [0, 0.1) is 23.3 Å². The van der Waals surface area contributed by atoms with E-state index in [1.165, 1.54) is 53.0 Å². The lowest BCUT2D eigenvalue weighted by Gasteiger charge is -2.43. The highest BCUT2D eigenvalue weighted by atomic mass is 19.2. The number of aliphatic carboxylic acids is 1. The van der Waals surface area contributed by atoms with Gasteiger partial charge in [-0.2, -0.15) is 0 Å². The van der Waals surface area contributed by atoms with Crippen molar-refractivity contribution in [3.8, 4) is 0 Å². The van der Waals surface area contributed by atoms with Crippen molar-refractivity contribution in [2.45, 2.75) is 89.9 Å². The molecule has 4 heterocycles. The van der Waals surface area contributed by atoms with E-state index >= 15 is 17.6 Å². The Morgan fingerprint density at radius 3 is 1.40 bits per heavy atom. The second-order valence-electron chi connectivity index (χ2n) is 18.1. The maximum atomic E-state index is 15.5. The highest BCUT2D eigenvalue weighted by Crippen LogP contribution is 2.45. The lowest BCUT2D eigenvalue weighted by atomic mass is 9.87. The van der Waals surface area contributed by atoms with E-state index in [0.29, 0.717) is 24.2 Å². The number of carboxylic acid groups (broad SMARTS) is 1. The van der Waals surface area contributed by atoms with Crippen LogP contribution >= 0.6 is 0 Å². The number of fused-ring (bicyclic) bond motifs is 6. The van der Waals surface area contributed by atoms with Crippen molar-refractivity contribution >= 4 is 45.9 Å². The maximum absolute atomic E-state index is 15.5. The average molecular weight is 899 g/mol. The number of carbonyl (C=O) groups excluding carboxylic acids is 1. The van der Waals surface area contributed by atoms with Crippen molar-refractivity contribution < 1.29 is 45.8 Å². The number of aromatic amines is 2. The third-order valence-corrected chi connectivity index (χ3v) is 11.9. The molecular formula is C51H52F6N4O4. The molecule has 8 rings (SSSR count). The number of rotatable bonds is 10. The summed E-state index contributed by atoms with van der Waals surface area (Å²) < 4.78 is 95.7. The number of alkyl halides is 2. The number of methoxy groups -OCH3 is 1. The van der Waals surface area contributed by atoms with E-state index in [2.05, 4.69) is 14.7 Å². The van der Waals surface area contributed by atoms with Crippen molar-refractivity contribution in [3.05, 3.63) is 153 Å². The standard InChI is InChI=1S/C26H27F3N2O2.C25H25F3N2O2/c1-15-11-18-17-7-5-6-8-21(17)30-24(18)25(31(15)14-26(2,3)29)23-19(27)12-16(13-20(23)28)9-10-22(32)33-4;1-14-10-17-16-6-4-5-7-20(16)29-23(17)24(30(14)13-25(2,3)28)22-18(26)11-15(12-19(22)27)8-9-21(31)32/h5-10,12-13,15,25,30H,11,14H2,1-4H3;4-9,11-12,14,24,29H,10,13H2,1-3H3,(H,31,32)/b10-9+;9-8+/t15-,25-;14-,24-/m11/s1. The smallest absolute Gasteiger partial charge is 0.330 e. The molecule has 6 aromatic rings. The predicted octanol–water partition coefficient (Wildman–Crippen LogP) is 11.3. The molecule has 3 N–H and O–H groups in total. The fraction of sp³-hybridized carbons (Fsp3) is 0.333. The van der Waals surface area contributed by atoms with Crippen molar-refractivity contribution in [2.24, 2.45) is 0 Å². The van der Waals surface area contributed by atoms with Gasteiger partial charge in [0, 0.05) is 81.6 Å². The summed E-state index contributed by atoms with van der Waals surface area (Å²) in [6.45, 7) is 9.71. The number of halogens is 6. The molecule has 4 aromatic carbocycles. The van der Waals surface area contributed by atoms with Gasteiger partial charge < -0.3 is 19.8 Å². The first-order valence-electron chi connectivity index (χ1n) is 21.4. The molecule has 0 amide bonds. The molecule has 0 spiro atoms. The molecule has 8 nitrogen and oxygen atoms in total. The van der Waals surface area contributed by atoms with Crippen LogP contribution in [-0.2, 0) is 27.2 Å². The number of carbonyl (C=O) groups is 2. The van der Waals surface area contributed by atoms with Gasteiger partial charge >= 0.3 is 11.9 Å². The van der Waals surface area contributed by atoms with Gasteiger partial charge in [0.05, 0.1) is 19.2 Å². The normalized spacial score (nSPS) is 19.4. The van der Waals surface area contributed by atoms with Crippen molar-refractivity contribution in [3.63, 3.8) is 0 Å². The molecule has 0 aliphatic carbocycles. The van der Waals surface area contributed by atoms with Gasteiger partial charge in [0.15, 0.2) is 0 Å². The van der Waals surface area contributed by atoms with Gasteiger partial charge in [-0.1, -0.05) is 36.4 Å². The highest BCUT2D eigenvalue weighted by molar-refractivity contribution is 5.88. The topological polar surface area (TPSA) is 102 Å². The average Bonchev–Trinajstić information content (AvgIpc) is 3.78. The van der Waals surface area contributed by atoms with Crippen LogP contribution in [0.3, 0.4) is 0 Å². The van der Waals surface area contributed by atoms with E-state index in [0.717, 1.165) is 63.3 Å². The molecular weight excluding hydrogens is 847 g/mol. The Bertz CT molecular complexity index is 2770. The number of aromatic nitrogens is 2. The van der Waals surface area contributed by atoms with Gasteiger partial charge in [0.1, 0.15) is 34.6 Å². The van der Waals surface area contributed by atoms with Gasteiger partial charge in [-0.05, 0) is 125 Å². The molecule has 0 bridgehead atoms. The fourth-order valence-corrected chi connectivity index (χ4v) is 9.32. The number of hydrogen-bond donors (Lipinski definition) is 3. The van der Waals surface area contributed by atoms with Crippen molar-refractivity contribution in [1.82, 2.24) is 19.8 Å². The monoisotopic (exact) mass is 898 g/mol. The number of carboxylic acids is 1. The van der Waals surface area contributed by atoms with Gasteiger partial charge in [-0.3, -0.25) is 9.80 Å². The molecule has 0 saturated heterocycles. The molecule has 2 aromatic heterocycles. The van der Waals surface area contributed by atoms with E-state index in [1.807, 2.05) is 67.3 Å². The predicted molar refractivity (Wildman–Crippen MR) is 241 cm³/mol. The number of benzene rings is 4. The lowest BCUT2D eigenvalue weighted by Crippen LogP contribution is -2.48. The second-order valence-corrected chi connectivity index (χ2v) is 18.1. The van der Waals surface area contributed by atoms with Crippen LogP contribution in [0.1, 0.15) is 98.4 Å². The third kappa shape index (κ3) is 10.1. The highest BCUT2D eigenvalue weighted by Gasteiger charge is 2.42. The molecule has 0 saturated carbocycles. The number of hydrogen-bond acceptors (Lipinski definition) is 5. The Kier molecular flexibility index (Phi) is 13.3. The van der Waals surface area contributed by atoms with E-state index < -0.39 is 58.6 Å². The SMILES string of the molecule is COC(=O)/C=C/c1cc(F)c([C@@H]2c3[nH]c4ccccc4c3C[C@@H](C)N2CC(C)(C)F)c(F)c1.C[C@@H]1Cc2c([nH]c3ccccc23)[C@@H](c2c(F)cc(/C=C/C(=O)O)cc2F)N1CC(C)(C)F. The van der Waals surface area contributed by atoms with Crippen molar-refractivity contribution in [2.75, 3.05) is 20.2 Å². The minimum absolute atomic E-state index is 0.00676. The Morgan fingerprint density at radius 2 is 1.05 bits per heavy atom. The van der Waals surface area contributed by atoms with E-state index in [1.54, 1.807) is 4.90 Å². The Hall–Kier alpha value is -6.12. The lowest BCUT2D eigenvalue weighted by molar-refractivity contribution is -0.135. The first-order valence-corrected chi connectivity index (χ1v) is 21.4. The van der Waals surface area contributed by atoms with Crippen LogP contribution < -0.4 is 0 Å². The Balaban J connectivity index is 0.000000194. The molecule has 65 heavy (non-hydrogen) atoms.